The molecule has 0 unspecified atom stereocenters. The molecule has 0 amide bonds. The van der Waals surface area contributed by atoms with Crippen LogP contribution < -0.4 is 0 Å². The molecule has 1 aliphatic carbocycles. The molecule has 1 fully saturated rings. The molecule has 1 nitrogen and oxygen atoms in total. The summed E-state index contributed by atoms with van der Waals surface area (Å²) in [5.74, 6) is 0.792. The van der Waals surface area contributed by atoms with Gasteiger partial charge in [-0.1, -0.05) is 6.07 Å². The third-order valence-electron chi connectivity index (χ3n) is 1.91. The molecular formula is C9H11N. The molecule has 2 rings (SSSR count). The highest BCUT2D eigenvalue weighted by atomic mass is 14.7. The molecule has 0 atom stereocenters. The number of rotatable bonds is 1. The van der Waals surface area contributed by atoms with Gasteiger partial charge in [-0.05, 0) is 31.9 Å². The summed E-state index contributed by atoms with van der Waals surface area (Å²) >= 11 is 0. The maximum Gasteiger partial charge on any atom is 0.0437 e. The van der Waals surface area contributed by atoms with Gasteiger partial charge >= 0.3 is 0 Å². The Labute approximate surface area is 61.1 Å². The predicted molar refractivity (Wildman–Crippen MR) is 40.9 cm³/mol. The molecule has 0 spiro atoms. The predicted octanol–water partition coefficient (Wildman–Crippen LogP) is 2.27. The van der Waals surface area contributed by atoms with E-state index in [4.69, 9.17) is 0 Å². The smallest absolute Gasteiger partial charge is 0.0437 e. The van der Waals surface area contributed by atoms with Crippen molar-refractivity contribution in [3.05, 3.63) is 29.6 Å². The topological polar surface area (TPSA) is 12.9 Å². The van der Waals surface area contributed by atoms with Crippen LogP contribution in [-0.2, 0) is 0 Å². The van der Waals surface area contributed by atoms with Gasteiger partial charge in [0.25, 0.3) is 0 Å². The highest BCUT2D eigenvalue weighted by Crippen LogP contribution is 2.38. The number of nitrogens with zero attached hydrogens (tertiary/aromatic N) is 1. The van der Waals surface area contributed by atoms with E-state index >= 15 is 0 Å². The van der Waals surface area contributed by atoms with E-state index in [1.165, 1.54) is 18.5 Å². The summed E-state index contributed by atoms with van der Waals surface area (Å²) in [5.41, 5.74) is 2.43. The van der Waals surface area contributed by atoms with Gasteiger partial charge in [0, 0.05) is 17.3 Å². The summed E-state index contributed by atoms with van der Waals surface area (Å²) in [6.45, 7) is 2.05. The summed E-state index contributed by atoms with van der Waals surface area (Å²) in [5, 5.41) is 0. The molecule has 0 saturated heterocycles. The lowest BCUT2D eigenvalue weighted by Gasteiger charge is -1.96. The first-order valence-corrected chi connectivity index (χ1v) is 3.80. The number of aromatic nitrogens is 1. The zero-order valence-electron chi connectivity index (χ0n) is 6.17. The van der Waals surface area contributed by atoms with Gasteiger partial charge in [-0.15, -0.1) is 0 Å². The summed E-state index contributed by atoms with van der Waals surface area (Å²) in [4.78, 5) is 4.44. The zero-order valence-corrected chi connectivity index (χ0v) is 6.17. The van der Waals surface area contributed by atoms with Crippen LogP contribution in [0.4, 0.5) is 0 Å². The van der Waals surface area contributed by atoms with Gasteiger partial charge in [0.05, 0.1) is 0 Å². The summed E-state index contributed by atoms with van der Waals surface area (Å²) in [6.07, 6.45) is 2.69. The van der Waals surface area contributed by atoms with Crippen molar-refractivity contribution in [1.82, 2.24) is 4.98 Å². The Kier molecular flexibility index (Phi) is 1.23. The maximum atomic E-state index is 4.44. The van der Waals surface area contributed by atoms with Gasteiger partial charge in [-0.25, -0.2) is 0 Å². The maximum absolute atomic E-state index is 4.44. The van der Waals surface area contributed by atoms with Gasteiger partial charge in [-0.2, -0.15) is 0 Å². The first-order chi connectivity index (χ1) is 4.86. The van der Waals surface area contributed by atoms with E-state index in [1.807, 2.05) is 13.0 Å². The molecular weight excluding hydrogens is 122 g/mol. The van der Waals surface area contributed by atoms with Crippen molar-refractivity contribution < 1.29 is 0 Å². The first-order valence-electron chi connectivity index (χ1n) is 3.80. The van der Waals surface area contributed by atoms with E-state index in [1.54, 1.807) is 0 Å². The average molecular weight is 133 g/mol. The molecule has 52 valence electrons. The van der Waals surface area contributed by atoms with Crippen LogP contribution in [0.5, 0.6) is 0 Å². The molecule has 1 saturated carbocycles. The second-order valence-electron chi connectivity index (χ2n) is 2.98. The average Bonchev–Trinajstić information content (AvgIpc) is 2.68. The first kappa shape index (κ1) is 5.90. The Hall–Kier alpha value is -0.850. The number of hydrogen-bond acceptors (Lipinski definition) is 1. The largest absolute Gasteiger partial charge is 0.258 e. The van der Waals surface area contributed by atoms with Gasteiger partial charge in [0.1, 0.15) is 0 Å². The van der Waals surface area contributed by atoms with E-state index in [0.29, 0.717) is 0 Å². The van der Waals surface area contributed by atoms with E-state index in [0.717, 1.165) is 11.6 Å². The lowest BCUT2D eigenvalue weighted by atomic mass is 10.2. The lowest BCUT2D eigenvalue weighted by Crippen LogP contribution is -1.86. The third-order valence-corrected chi connectivity index (χ3v) is 1.91. The van der Waals surface area contributed by atoms with Crippen molar-refractivity contribution in [1.29, 1.82) is 0 Å². The molecule has 10 heavy (non-hydrogen) atoms. The SMILES string of the molecule is Cc1cccc(C2CC2)n1. The van der Waals surface area contributed by atoms with Crippen molar-refractivity contribution in [3.63, 3.8) is 0 Å². The molecule has 1 aromatic rings. The summed E-state index contributed by atoms with van der Waals surface area (Å²) in [6, 6.07) is 6.27. The fourth-order valence-electron chi connectivity index (χ4n) is 1.17. The normalized spacial score (nSPS) is 17.3. The molecule has 1 aliphatic rings. The van der Waals surface area contributed by atoms with E-state index < -0.39 is 0 Å². The monoisotopic (exact) mass is 133 g/mol. The Morgan fingerprint density at radius 1 is 1.40 bits per heavy atom. The molecule has 0 aromatic carbocycles. The molecule has 1 aromatic heterocycles. The molecule has 0 bridgehead atoms. The number of pyridine rings is 1. The van der Waals surface area contributed by atoms with Crippen LogP contribution in [0, 0.1) is 6.92 Å². The number of aryl methyl sites for hydroxylation is 1. The highest BCUT2D eigenvalue weighted by Gasteiger charge is 2.24. The van der Waals surface area contributed by atoms with Crippen molar-refractivity contribution in [2.45, 2.75) is 25.7 Å². The Morgan fingerprint density at radius 2 is 2.20 bits per heavy atom. The van der Waals surface area contributed by atoms with Crippen molar-refractivity contribution >= 4 is 0 Å². The highest BCUT2D eigenvalue weighted by molar-refractivity contribution is 5.17. The molecule has 0 aliphatic heterocycles. The Bertz CT molecular complexity index is 238. The van der Waals surface area contributed by atoms with Crippen LogP contribution in [0.25, 0.3) is 0 Å². The minimum absolute atomic E-state index is 0.792. The fourth-order valence-corrected chi connectivity index (χ4v) is 1.17. The minimum Gasteiger partial charge on any atom is -0.258 e. The molecule has 0 radical (unpaired) electrons. The van der Waals surface area contributed by atoms with Crippen molar-refractivity contribution in [2.75, 3.05) is 0 Å². The van der Waals surface area contributed by atoms with Crippen LogP contribution in [0.3, 0.4) is 0 Å². The van der Waals surface area contributed by atoms with Crippen LogP contribution in [0.2, 0.25) is 0 Å². The van der Waals surface area contributed by atoms with Gasteiger partial charge < -0.3 is 0 Å². The Morgan fingerprint density at radius 3 is 2.80 bits per heavy atom. The lowest BCUT2D eigenvalue weighted by molar-refractivity contribution is 0.995. The summed E-state index contributed by atoms with van der Waals surface area (Å²) in [7, 11) is 0. The quantitative estimate of drug-likeness (QED) is 0.572. The minimum atomic E-state index is 0.792. The van der Waals surface area contributed by atoms with Crippen molar-refractivity contribution in [2.24, 2.45) is 0 Å². The second-order valence-corrected chi connectivity index (χ2v) is 2.98. The van der Waals surface area contributed by atoms with Crippen LogP contribution in [0.15, 0.2) is 18.2 Å². The van der Waals surface area contributed by atoms with Crippen molar-refractivity contribution in [3.8, 4) is 0 Å². The van der Waals surface area contributed by atoms with Crippen LogP contribution >= 0.6 is 0 Å². The van der Waals surface area contributed by atoms with Crippen LogP contribution in [0.1, 0.15) is 30.1 Å². The second kappa shape index (κ2) is 2.08. The third kappa shape index (κ3) is 1.04. The Balaban J connectivity index is 2.32. The van der Waals surface area contributed by atoms with Gasteiger partial charge in [0.2, 0.25) is 0 Å². The summed E-state index contributed by atoms with van der Waals surface area (Å²) < 4.78 is 0. The standard InChI is InChI=1S/C9H11N/c1-7-3-2-4-9(10-7)8-5-6-8/h2-4,8H,5-6H2,1H3. The molecule has 1 heterocycles. The van der Waals surface area contributed by atoms with E-state index in [2.05, 4.69) is 17.1 Å². The zero-order chi connectivity index (χ0) is 6.97. The van der Waals surface area contributed by atoms with Gasteiger partial charge in [0.15, 0.2) is 0 Å². The van der Waals surface area contributed by atoms with Crippen LogP contribution in [-0.4, -0.2) is 4.98 Å². The van der Waals surface area contributed by atoms with E-state index in [-0.39, 0.29) is 0 Å². The van der Waals surface area contributed by atoms with E-state index in [9.17, 15) is 0 Å². The molecule has 1 heteroatoms. The molecule has 0 N–H and O–H groups in total. The van der Waals surface area contributed by atoms with Gasteiger partial charge in [-0.3, -0.25) is 4.98 Å². The fraction of sp³-hybridized carbons (Fsp3) is 0.444. The number of hydrogen-bond donors (Lipinski definition) is 0.